The van der Waals surface area contributed by atoms with Crippen molar-refractivity contribution in [3.8, 4) is 0 Å². The maximum absolute atomic E-state index is 11.5. The van der Waals surface area contributed by atoms with Crippen molar-refractivity contribution in [3.63, 3.8) is 0 Å². The number of carbonyl (C=O) groups excluding carboxylic acids is 1. The summed E-state index contributed by atoms with van der Waals surface area (Å²) in [6, 6.07) is 3.53. The molecule has 0 amide bonds. The van der Waals surface area contributed by atoms with Crippen molar-refractivity contribution in [1.29, 1.82) is 0 Å². The molecular formula is C13H20NO4+. The summed E-state index contributed by atoms with van der Waals surface area (Å²) in [7, 11) is 2.18. The number of hydrogen-bond acceptors (Lipinski definition) is 4. The summed E-state index contributed by atoms with van der Waals surface area (Å²) in [4.78, 5) is 11.5. The van der Waals surface area contributed by atoms with Crippen LogP contribution in [0.5, 0.6) is 0 Å². The van der Waals surface area contributed by atoms with Crippen molar-refractivity contribution >= 4 is 5.97 Å². The molecule has 2 heterocycles. The largest absolute Gasteiger partial charge is 0.460 e. The smallest absolute Gasteiger partial charge is 0.374 e. The Morgan fingerprint density at radius 3 is 2.78 bits per heavy atom. The molecule has 5 heteroatoms. The molecule has 1 saturated heterocycles. The fourth-order valence-electron chi connectivity index (χ4n) is 2.09. The van der Waals surface area contributed by atoms with Crippen molar-refractivity contribution < 1.29 is 23.2 Å². The van der Waals surface area contributed by atoms with Crippen molar-refractivity contribution in [2.24, 2.45) is 0 Å². The Hall–Kier alpha value is -1.33. The zero-order chi connectivity index (χ0) is 13.0. The lowest BCUT2D eigenvalue weighted by Gasteiger charge is -2.36. The molecule has 0 spiro atoms. The Kier molecular flexibility index (Phi) is 4.04. The molecule has 1 aliphatic heterocycles. The number of rotatable bonds is 4. The van der Waals surface area contributed by atoms with Gasteiger partial charge in [0.25, 0.3) is 0 Å². The molecule has 0 unspecified atom stereocenters. The lowest BCUT2D eigenvalue weighted by atomic mass is 10.3. The average Bonchev–Trinajstić information content (AvgIpc) is 2.78. The van der Waals surface area contributed by atoms with E-state index in [9.17, 15) is 4.79 Å². The van der Waals surface area contributed by atoms with E-state index < -0.39 is 5.97 Å². The second kappa shape index (κ2) is 5.54. The van der Waals surface area contributed by atoms with E-state index in [2.05, 4.69) is 7.05 Å². The molecule has 1 aliphatic rings. The van der Waals surface area contributed by atoms with Crippen LogP contribution in [0, 0.1) is 0 Å². The van der Waals surface area contributed by atoms with Crippen LogP contribution in [0.2, 0.25) is 0 Å². The molecule has 100 valence electrons. The van der Waals surface area contributed by atoms with Crippen molar-refractivity contribution in [3.05, 3.63) is 23.7 Å². The number of esters is 1. The summed E-state index contributed by atoms with van der Waals surface area (Å²) in [5.41, 5.74) is 0. The van der Waals surface area contributed by atoms with Crippen LogP contribution in [-0.2, 0) is 16.0 Å². The molecule has 0 saturated carbocycles. The van der Waals surface area contributed by atoms with E-state index in [0.717, 1.165) is 43.1 Å². The van der Waals surface area contributed by atoms with Crippen molar-refractivity contribution in [2.75, 3.05) is 40.0 Å². The van der Waals surface area contributed by atoms with Gasteiger partial charge in [0.1, 0.15) is 19.6 Å². The van der Waals surface area contributed by atoms with Crippen LogP contribution in [0.1, 0.15) is 23.2 Å². The molecule has 0 N–H and O–H groups in total. The quantitative estimate of drug-likeness (QED) is 0.602. The zero-order valence-electron chi connectivity index (χ0n) is 11.0. The summed E-state index contributed by atoms with van der Waals surface area (Å²) in [5.74, 6) is 0.711. The Labute approximate surface area is 107 Å². The molecule has 1 aromatic heterocycles. The van der Waals surface area contributed by atoms with Gasteiger partial charge < -0.3 is 18.4 Å². The molecule has 2 rings (SSSR count). The van der Waals surface area contributed by atoms with Gasteiger partial charge in [0.15, 0.2) is 5.76 Å². The first-order chi connectivity index (χ1) is 8.63. The van der Waals surface area contributed by atoms with Crippen LogP contribution in [0.15, 0.2) is 16.5 Å². The fraction of sp³-hybridized carbons (Fsp3) is 0.615. The monoisotopic (exact) mass is 254 g/mol. The first-order valence-electron chi connectivity index (χ1n) is 6.30. The lowest BCUT2D eigenvalue weighted by Crippen LogP contribution is -2.51. The van der Waals surface area contributed by atoms with Gasteiger partial charge in [-0.05, 0) is 19.1 Å². The van der Waals surface area contributed by atoms with Crippen molar-refractivity contribution in [1.82, 2.24) is 0 Å². The van der Waals surface area contributed by atoms with Crippen LogP contribution in [0.3, 0.4) is 0 Å². The highest BCUT2D eigenvalue weighted by Crippen LogP contribution is 2.17. The Balaban J connectivity index is 1.99. The second-order valence-corrected chi connectivity index (χ2v) is 4.82. The third-order valence-corrected chi connectivity index (χ3v) is 3.23. The normalized spacial score (nSPS) is 18.6. The molecule has 0 aromatic carbocycles. The Morgan fingerprint density at radius 1 is 1.39 bits per heavy atom. The summed E-state index contributed by atoms with van der Waals surface area (Å²) < 4.78 is 16.7. The van der Waals surface area contributed by atoms with Gasteiger partial charge in [0, 0.05) is 0 Å². The number of quaternary nitrogens is 1. The predicted octanol–water partition coefficient (Wildman–Crippen LogP) is 1.43. The van der Waals surface area contributed by atoms with Gasteiger partial charge in [-0.1, -0.05) is 0 Å². The number of ether oxygens (including phenoxy) is 2. The summed E-state index contributed by atoms with van der Waals surface area (Å²) >= 11 is 0. The highest BCUT2D eigenvalue weighted by Gasteiger charge is 2.27. The first-order valence-corrected chi connectivity index (χ1v) is 6.30. The number of hydrogen-bond donors (Lipinski definition) is 0. The zero-order valence-corrected chi connectivity index (χ0v) is 11.0. The van der Waals surface area contributed by atoms with Crippen LogP contribution in [0.4, 0.5) is 0 Å². The minimum atomic E-state index is -0.395. The van der Waals surface area contributed by atoms with Crippen LogP contribution in [-0.4, -0.2) is 50.4 Å². The maximum atomic E-state index is 11.5. The van der Waals surface area contributed by atoms with E-state index in [1.807, 2.05) is 6.07 Å². The number of likely N-dealkylation sites (N-methyl/N-ethyl adjacent to an activating group) is 1. The second-order valence-electron chi connectivity index (χ2n) is 4.82. The van der Waals surface area contributed by atoms with Gasteiger partial charge >= 0.3 is 5.97 Å². The molecule has 0 bridgehead atoms. The predicted molar refractivity (Wildman–Crippen MR) is 65.1 cm³/mol. The van der Waals surface area contributed by atoms with Gasteiger partial charge in [0.2, 0.25) is 5.76 Å². The topological polar surface area (TPSA) is 48.7 Å². The maximum Gasteiger partial charge on any atom is 0.374 e. The molecular weight excluding hydrogens is 234 g/mol. The number of nitrogens with zero attached hydrogens (tertiary/aromatic N) is 1. The van der Waals surface area contributed by atoms with Crippen LogP contribution >= 0.6 is 0 Å². The highest BCUT2D eigenvalue weighted by molar-refractivity contribution is 5.86. The first kappa shape index (κ1) is 13.1. The lowest BCUT2D eigenvalue weighted by molar-refractivity contribution is -0.930. The van der Waals surface area contributed by atoms with E-state index in [0.29, 0.717) is 6.61 Å². The number of furan rings is 1. The van der Waals surface area contributed by atoms with E-state index in [1.165, 1.54) is 0 Å². The number of morpholine rings is 1. The Bertz CT molecular complexity index is 407. The summed E-state index contributed by atoms with van der Waals surface area (Å²) in [6.45, 7) is 6.42. The summed E-state index contributed by atoms with van der Waals surface area (Å²) in [5, 5.41) is 0. The summed E-state index contributed by atoms with van der Waals surface area (Å²) in [6.07, 6.45) is 0. The van der Waals surface area contributed by atoms with Gasteiger partial charge in [-0.3, -0.25) is 0 Å². The highest BCUT2D eigenvalue weighted by atomic mass is 16.5. The van der Waals surface area contributed by atoms with Crippen LogP contribution < -0.4 is 0 Å². The van der Waals surface area contributed by atoms with Gasteiger partial charge in [-0.25, -0.2) is 4.79 Å². The van der Waals surface area contributed by atoms with Crippen LogP contribution in [0.25, 0.3) is 0 Å². The molecule has 18 heavy (non-hydrogen) atoms. The van der Waals surface area contributed by atoms with Gasteiger partial charge in [-0.2, -0.15) is 0 Å². The Morgan fingerprint density at radius 2 is 2.11 bits per heavy atom. The molecule has 0 atom stereocenters. The molecule has 0 radical (unpaired) electrons. The third kappa shape index (κ3) is 3.11. The van der Waals surface area contributed by atoms with E-state index in [1.54, 1.807) is 13.0 Å². The SMILES string of the molecule is CCOC(=O)c1ccc(C[N+]2(C)CCOCC2)o1. The van der Waals surface area contributed by atoms with E-state index in [4.69, 9.17) is 13.9 Å². The fourth-order valence-corrected chi connectivity index (χ4v) is 2.09. The average molecular weight is 254 g/mol. The molecule has 5 nitrogen and oxygen atoms in total. The minimum absolute atomic E-state index is 0.284. The molecule has 1 aromatic rings. The van der Waals surface area contributed by atoms with Gasteiger partial charge in [-0.15, -0.1) is 0 Å². The van der Waals surface area contributed by atoms with E-state index in [-0.39, 0.29) is 5.76 Å². The molecule has 0 aliphatic carbocycles. The minimum Gasteiger partial charge on any atom is -0.460 e. The van der Waals surface area contributed by atoms with Crippen molar-refractivity contribution in [2.45, 2.75) is 13.5 Å². The third-order valence-electron chi connectivity index (χ3n) is 3.23. The number of carbonyl (C=O) groups is 1. The molecule has 1 fully saturated rings. The standard InChI is InChI=1S/C13H20NO4/c1-3-17-13(15)12-5-4-11(18-12)10-14(2)6-8-16-9-7-14/h4-5H,3,6-10H2,1-2H3/q+1. The van der Waals surface area contributed by atoms with E-state index >= 15 is 0 Å². The van der Waals surface area contributed by atoms with Gasteiger partial charge in [0.05, 0.1) is 26.9 Å².